The van der Waals surface area contributed by atoms with Crippen LogP contribution in [0, 0.1) is 0 Å². The van der Waals surface area contributed by atoms with Crippen LogP contribution < -0.4 is 3.78 Å². The zero-order valence-electron chi connectivity index (χ0n) is 9.91. The molecular formula is C12H13ClO2SSn. The minimum atomic E-state index is -2.14. The molecule has 0 unspecified atom stereocenters. The molecule has 0 saturated carbocycles. The molecular weight excluding hydrogens is 362 g/mol. The Kier molecular flexibility index (Phi) is 3.71. The number of furan rings is 1. The minimum absolute atomic E-state index is 0.497. The SMILES string of the molecule is [CH3][Sn]([CH3])([CH3])[c]1ccc(-c2cc(Cl)c(C=O)s2)o1. The summed E-state index contributed by atoms with van der Waals surface area (Å²) in [6.07, 6.45) is 0.781. The molecule has 2 rings (SSSR count). The second-order valence-corrected chi connectivity index (χ2v) is 20.6. The van der Waals surface area contributed by atoms with Crippen LogP contribution >= 0.6 is 22.9 Å². The molecule has 2 nitrogen and oxygen atoms in total. The predicted octanol–water partition coefficient (Wildman–Crippen LogP) is 4.02. The van der Waals surface area contributed by atoms with E-state index >= 15 is 0 Å². The summed E-state index contributed by atoms with van der Waals surface area (Å²) in [6, 6.07) is 5.81. The van der Waals surface area contributed by atoms with Gasteiger partial charge >= 0.3 is 114 Å². The van der Waals surface area contributed by atoms with Gasteiger partial charge in [-0.15, -0.1) is 0 Å². The maximum atomic E-state index is 10.7. The Morgan fingerprint density at radius 2 is 2.06 bits per heavy atom. The first-order chi connectivity index (χ1) is 7.91. The van der Waals surface area contributed by atoms with Crippen molar-refractivity contribution in [1.29, 1.82) is 0 Å². The van der Waals surface area contributed by atoms with E-state index in [0.29, 0.717) is 9.90 Å². The first-order valence-corrected chi connectivity index (χ1v) is 16.5. The van der Waals surface area contributed by atoms with E-state index in [0.717, 1.165) is 20.7 Å². The number of halogens is 1. The molecule has 2 heterocycles. The molecule has 17 heavy (non-hydrogen) atoms. The Labute approximate surface area is 113 Å². The zero-order chi connectivity index (χ0) is 12.6. The van der Waals surface area contributed by atoms with E-state index in [-0.39, 0.29) is 0 Å². The van der Waals surface area contributed by atoms with E-state index in [9.17, 15) is 4.79 Å². The van der Waals surface area contributed by atoms with Crippen LogP contribution in [0.1, 0.15) is 9.67 Å². The van der Waals surface area contributed by atoms with Gasteiger partial charge in [0.2, 0.25) is 0 Å². The Morgan fingerprint density at radius 1 is 1.35 bits per heavy atom. The summed E-state index contributed by atoms with van der Waals surface area (Å²) in [6.45, 7) is 0. The van der Waals surface area contributed by atoms with E-state index in [1.54, 1.807) is 6.07 Å². The molecule has 0 N–H and O–H groups in total. The Hall–Kier alpha value is -0.261. The maximum absolute atomic E-state index is 10.7. The van der Waals surface area contributed by atoms with Crippen molar-refractivity contribution in [3.63, 3.8) is 0 Å². The van der Waals surface area contributed by atoms with Gasteiger partial charge in [-0.05, 0) is 0 Å². The summed E-state index contributed by atoms with van der Waals surface area (Å²) in [4.78, 5) is 19.1. The summed E-state index contributed by atoms with van der Waals surface area (Å²) < 4.78 is 7.01. The molecule has 2 aromatic heterocycles. The fraction of sp³-hybridized carbons (Fsp3) is 0.250. The monoisotopic (exact) mass is 376 g/mol. The topological polar surface area (TPSA) is 30.2 Å². The number of thiophene rings is 1. The van der Waals surface area contributed by atoms with Crippen LogP contribution in [0.2, 0.25) is 19.8 Å². The summed E-state index contributed by atoms with van der Waals surface area (Å²) in [5, 5.41) is 0.497. The Bertz CT molecular complexity index is 551. The van der Waals surface area contributed by atoms with Gasteiger partial charge in [-0.25, -0.2) is 0 Å². The molecule has 0 aliphatic carbocycles. The molecule has 0 aliphatic rings. The quantitative estimate of drug-likeness (QED) is 0.599. The molecule has 0 amide bonds. The third-order valence-corrected chi connectivity index (χ3v) is 8.89. The van der Waals surface area contributed by atoms with Crippen LogP contribution in [-0.4, -0.2) is 24.7 Å². The van der Waals surface area contributed by atoms with Gasteiger partial charge in [0.25, 0.3) is 0 Å². The molecule has 0 fully saturated rings. The number of hydrogen-bond donors (Lipinski definition) is 0. The van der Waals surface area contributed by atoms with Gasteiger partial charge in [0.15, 0.2) is 0 Å². The van der Waals surface area contributed by atoms with Crippen LogP contribution in [0.15, 0.2) is 22.6 Å². The molecule has 0 bridgehead atoms. The number of rotatable bonds is 3. The fourth-order valence-electron chi connectivity index (χ4n) is 1.46. The zero-order valence-corrected chi connectivity index (χ0v) is 14.3. The Morgan fingerprint density at radius 3 is 2.53 bits per heavy atom. The van der Waals surface area contributed by atoms with Crippen LogP contribution in [0.25, 0.3) is 10.6 Å². The molecule has 0 aliphatic heterocycles. The number of carbonyl (C=O) groups excluding carboxylic acids is 1. The van der Waals surface area contributed by atoms with E-state index < -0.39 is 18.4 Å². The van der Waals surface area contributed by atoms with Gasteiger partial charge in [0, 0.05) is 0 Å². The molecule has 0 spiro atoms. The second-order valence-electron chi connectivity index (χ2n) is 4.85. The van der Waals surface area contributed by atoms with Crippen molar-refractivity contribution in [2.45, 2.75) is 14.8 Å². The van der Waals surface area contributed by atoms with Gasteiger partial charge < -0.3 is 0 Å². The normalized spacial score (nSPS) is 11.8. The third-order valence-electron chi connectivity index (χ3n) is 2.41. The number of carbonyl (C=O) groups is 1. The van der Waals surface area contributed by atoms with E-state index in [1.165, 1.54) is 11.3 Å². The summed E-state index contributed by atoms with van der Waals surface area (Å²) in [5.41, 5.74) is 0. The molecule has 2 aromatic rings. The molecule has 0 radical (unpaired) electrons. The van der Waals surface area contributed by atoms with Crippen molar-refractivity contribution < 1.29 is 9.21 Å². The van der Waals surface area contributed by atoms with Crippen molar-refractivity contribution in [1.82, 2.24) is 0 Å². The van der Waals surface area contributed by atoms with Crippen LogP contribution in [0.3, 0.4) is 0 Å². The predicted molar refractivity (Wildman–Crippen MR) is 75.4 cm³/mol. The van der Waals surface area contributed by atoms with E-state index in [1.807, 2.05) is 6.07 Å². The third kappa shape index (κ3) is 2.77. The van der Waals surface area contributed by atoms with Crippen molar-refractivity contribution in [2.75, 3.05) is 0 Å². The standard InChI is InChI=1S/C9H4ClO2S.3CH3.Sn/c10-6-4-8(13-9(6)5-11)7-2-1-3-12-7;;;;/h1-2,4-5H;3*1H3;. The first kappa shape index (κ1) is 13.2. The van der Waals surface area contributed by atoms with Gasteiger partial charge in [-0.1, -0.05) is 0 Å². The first-order valence-electron chi connectivity index (χ1n) is 5.27. The number of hydrogen-bond acceptors (Lipinski definition) is 3. The molecule has 90 valence electrons. The number of aldehydes is 1. The Balaban J connectivity index is 2.40. The van der Waals surface area contributed by atoms with Crippen molar-refractivity contribution in [3.8, 4) is 10.6 Å². The fourth-order valence-corrected chi connectivity index (χ4v) is 5.47. The molecule has 5 heteroatoms. The van der Waals surface area contributed by atoms with Gasteiger partial charge in [0.05, 0.1) is 0 Å². The van der Waals surface area contributed by atoms with Crippen molar-refractivity contribution in [3.05, 3.63) is 28.1 Å². The van der Waals surface area contributed by atoms with Crippen LogP contribution in [0.5, 0.6) is 0 Å². The second kappa shape index (κ2) is 4.78. The average Bonchev–Trinajstić information content (AvgIpc) is 2.82. The van der Waals surface area contributed by atoms with E-state index in [4.69, 9.17) is 16.0 Å². The van der Waals surface area contributed by atoms with Gasteiger partial charge in [0.1, 0.15) is 0 Å². The van der Waals surface area contributed by atoms with Crippen molar-refractivity contribution >= 4 is 51.4 Å². The summed E-state index contributed by atoms with van der Waals surface area (Å²) in [5.74, 6) is 0.812. The van der Waals surface area contributed by atoms with Crippen LogP contribution in [0.4, 0.5) is 0 Å². The van der Waals surface area contributed by atoms with Crippen molar-refractivity contribution in [2.24, 2.45) is 0 Å². The summed E-state index contributed by atoms with van der Waals surface area (Å²) in [7, 11) is 0. The molecule has 0 aromatic carbocycles. The van der Waals surface area contributed by atoms with E-state index in [2.05, 4.69) is 20.9 Å². The molecule has 0 saturated heterocycles. The van der Waals surface area contributed by atoms with Gasteiger partial charge in [-0.2, -0.15) is 0 Å². The molecule has 0 atom stereocenters. The average molecular weight is 375 g/mol. The summed E-state index contributed by atoms with van der Waals surface area (Å²) >= 11 is 5.16. The van der Waals surface area contributed by atoms with Gasteiger partial charge in [-0.3, -0.25) is 0 Å². The van der Waals surface area contributed by atoms with Crippen LogP contribution in [-0.2, 0) is 0 Å².